The fraction of sp³-hybridized carbons (Fsp3) is 0. The minimum Gasteiger partial charge on any atom is -0.478 e. The summed E-state index contributed by atoms with van der Waals surface area (Å²) in [7, 11) is 0. The van der Waals surface area contributed by atoms with Crippen LogP contribution in [-0.4, -0.2) is 21.0 Å². The zero-order chi connectivity index (χ0) is 14.0. The Morgan fingerprint density at radius 3 is 2.84 bits per heavy atom. The Morgan fingerprint density at radius 1 is 1.47 bits per heavy atom. The number of carbonyl (C=O) groups is 1. The third-order valence-corrected chi connectivity index (χ3v) is 2.85. The average Bonchev–Trinajstić information content (AvgIpc) is 2.34. The van der Waals surface area contributed by atoms with Gasteiger partial charge in [0, 0.05) is 6.07 Å². The highest BCUT2D eigenvalue weighted by Crippen LogP contribution is 2.25. The molecule has 0 aliphatic heterocycles. The van der Waals surface area contributed by atoms with E-state index in [4.69, 9.17) is 9.84 Å². The molecule has 0 bridgehead atoms. The molecule has 2 rings (SSSR count). The van der Waals surface area contributed by atoms with E-state index in [-0.39, 0.29) is 16.1 Å². The average molecular weight is 329 g/mol. The van der Waals surface area contributed by atoms with Gasteiger partial charge in [-0.2, -0.15) is 0 Å². The molecule has 0 radical (unpaired) electrons. The van der Waals surface area contributed by atoms with Crippen LogP contribution < -0.4 is 10.3 Å². The first kappa shape index (κ1) is 13.2. The van der Waals surface area contributed by atoms with Crippen molar-refractivity contribution in [3.63, 3.8) is 0 Å². The number of benzene rings is 1. The molecule has 8 heteroatoms. The summed E-state index contributed by atoms with van der Waals surface area (Å²) in [5, 5.41) is 8.68. The summed E-state index contributed by atoms with van der Waals surface area (Å²) in [6, 6.07) is 3.23. The van der Waals surface area contributed by atoms with Crippen LogP contribution in [0.1, 0.15) is 10.4 Å². The van der Waals surface area contributed by atoms with Crippen molar-refractivity contribution in [2.75, 3.05) is 0 Å². The number of hydrogen-bond acceptors (Lipinski definition) is 4. The number of ether oxygens (including phenoxy) is 1. The van der Waals surface area contributed by atoms with Gasteiger partial charge < -0.3 is 14.8 Å². The summed E-state index contributed by atoms with van der Waals surface area (Å²) in [6.07, 6.45) is 1.13. The lowest BCUT2D eigenvalue weighted by molar-refractivity contribution is 0.0692. The molecule has 0 unspecified atom stereocenters. The molecule has 0 amide bonds. The maximum atomic E-state index is 13.4. The second-order valence-electron chi connectivity index (χ2n) is 3.40. The zero-order valence-electron chi connectivity index (χ0n) is 9.18. The van der Waals surface area contributed by atoms with Crippen molar-refractivity contribution < 1.29 is 19.0 Å². The van der Waals surface area contributed by atoms with Gasteiger partial charge in [-0.15, -0.1) is 0 Å². The Labute approximate surface area is 114 Å². The van der Waals surface area contributed by atoms with E-state index in [9.17, 15) is 14.0 Å². The van der Waals surface area contributed by atoms with E-state index in [1.807, 2.05) is 0 Å². The van der Waals surface area contributed by atoms with E-state index < -0.39 is 22.9 Å². The fourth-order valence-electron chi connectivity index (χ4n) is 1.28. The Kier molecular flexibility index (Phi) is 3.61. The highest BCUT2D eigenvalue weighted by atomic mass is 79.9. The van der Waals surface area contributed by atoms with Gasteiger partial charge in [-0.1, -0.05) is 0 Å². The number of aromatic carboxylic acids is 1. The molecular weight excluding hydrogens is 323 g/mol. The summed E-state index contributed by atoms with van der Waals surface area (Å²) >= 11 is 2.97. The van der Waals surface area contributed by atoms with Crippen molar-refractivity contribution in [3.05, 3.63) is 50.7 Å². The second-order valence-corrected chi connectivity index (χ2v) is 4.19. The normalized spacial score (nSPS) is 10.2. The van der Waals surface area contributed by atoms with Gasteiger partial charge >= 0.3 is 5.97 Å². The van der Waals surface area contributed by atoms with Crippen LogP contribution in [0.4, 0.5) is 4.39 Å². The van der Waals surface area contributed by atoms with Crippen LogP contribution in [0.25, 0.3) is 0 Å². The summed E-state index contributed by atoms with van der Waals surface area (Å²) in [5.74, 6) is -2.34. The fourth-order valence-corrected chi connectivity index (χ4v) is 1.58. The Balaban J connectivity index is 2.34. The SMILES string of the molecule is O=C(O)c1ccc(Oc2nc[nH]c(=O)c2Br)cc1F. The van der Waals surface area contributed by atoms with Gasteiger partial charge in [0.05, 0.1) is 11.9 Å². The monoisotopic (exact) mass is 328 g/mol. The maximum absolute atomic E-state index is 13.4. The van der Waals surface area contributed by atoms with E-state index in [1.54, 1.807) is 0 Å². The molecule has 2 aromatic rings. The smallest absolute Gasteiger partial charge is 0.338 e. The molecular formula is C11H6BrFN2O4. The molecule has 1 heterocycles. The third-order valence-electron chi connectivity index (χ3n) is 2.15. The van der Waals surface area contributed by atoms with E-state index in [0.717, 1.165) is 18.5 Å². The maximum Gasteiger partial charge on any atom is 0.338 e. The number of carboxylic acid groups (broad SMARTS) is 1. The van der Waals surface area contributed by atoms with E-state index in [1.165, 1.54) is 6.07 Å². The summed E-state index contributed by atoms with van der Waals surface area (Å²) < 4.78 is 18.7. The quantitative estimate of drug-likeness (QED) is 0.900. The van der Waals surface area contributed by atoms with Crippen LogP contribution in [0.2, 0.25) is 0 Å². The Morgan fingerprint density at radius 2 is 2.21 bits per heavy atom. The molecule has 0 saturated heterocycles. The van der Waals surface area contributed by atoms with Gasteiger partial charge in [-0.3, -0.25) is 4.79 Å². The molecule has 98 valence electrons. The van der Waals surface area contributed by atoms with Crippen molar-refractivity contribution >= 4 is 21.9 Å². The van der Waals surface area contributed by atoms with Gasteiger partial charge in [-0.05, 0) is 28.1 Å². The second kappa shape index (κ2) is 5.19. The lowest BCUT2D eigenvalue weighted by Gasteiger charge is -2.06. The summed E-state index contributed by atoms with van der Waals surface area (Å²) in [6.45, 7) is 0. The van der Waals surface area contributed by atoms with Crippen LogP contribution in [0.15, 0.2) is 33.8 Å². The molecule has 0 aliphatic carbocycles. The largest absolute Gasteiger partial charge is 0.478 e. The Hall–Kier alpha value is -2.22. The van der Waals surface area contributed by atoms with Crippen molar-refractivity contribution in [3.8, 4) is 11.6 Å². The number of nitrogens with zero attached hydrogens (tertiary/aromatic N) is 1. The number of nitrogens with one attached hydrogen (secondary N) is 1. The minimum absolute atomic E-state index is 0.0290. The molecule has 6 nitrogen and oxygen atoms in total. The molecule has 0 spiro atoms. The standard InChI is InChI=1S/C11H6BrFN2O4/c12-8-9(16)14-4-15-10(8)19-5-1-2-6(11(17)18)7(13)3-5/h1-4H,(H,17,18)(H,14,15,16). The van der Waals surface area contributed by atoms with Crippen molar-refractivity contribution in [2.45, 2.75) is 0 Å². The van der Waals surface area contributed by atoms with E-state index in [0.29, 0.717) is 0 Å². The van der Waals surface area contributed by atoms with Crippen molar-refractivity contribution in [1.82, 2.24) is 9.97 Å². The number of carboxylic acids is 1. The van der Waals surface area contributed by atoms with Crippen LogP contribution in [0, 0.1) is 5.82 Å². The highest BCUT2D eigenvalue weighted by Gasteiger charge is 2.13. The Bertz CT molecular complexity index is 701. The molecule has 0 saturated carbocycles. The van der Waals surface area contributed by atoms with Gasteiger partial charge in [0.25, 0.3) is 5.56 Å². The first-order valence-electron chi connectivity index (χ1n) is 4.93. The lowest BCUT2D eigenvalue weighted by atomic mass is 10.2. The van der Waals surface area contributed by atoms with Crippen molar-refractivity contribution in [1.29, 1.82) is 0 Å². The van der Waals surface area contributed by atoms with Gasteiger partial charge in [0.1, 0.15) is 16.0 Å². The van der Waals surface area contributed by atoms with Crippen LogP contribution in [0.5, 0.6) is 11.6 Å². The number of H-pyrrole nitrogens is 1. The van der Waals surface area contributed by atoms with Gasteiger partial charge in [-0.25, -0.2) is 14.2 Å². The topological polar surface area (TPSA) is 92.3 Å². The molecule has 1 aromatic carbocycles. The molecule has 0 aliphatic rings. The first-order valence-corrected chi connectivity index (χ1v) is 5.72. The van der Waals surface area contributed by atoms with Crippen LogP contribution in [0.3, 0.4) is 0 Å². The molecule has 0 fully saturated rings. The number of halogens is 2. The molecule has 0 atom stereocenters. The molecule has 2 N–H and O–H groups in total. The van der Waals surface area contributed by atoms with Crippen LogP contribution in [-0.2, 0) is 0 Å². The summed E-state index contributed by atoms with van der Waals surface area (Å²) in [5.41, 5.74) is -0.919. The van der Waals surface area contributed by atoms with Gasteiger partial charge in [0.2, 0.25) is 5.88 Å². The predicted octanol–water partition coefficient (Wildman–Crippen LogP) is 2.16. The van der Waals surface area contributed by atoms with E-state index >= 15 is 0 Å². The number of hydrogen-bond donors (Lipinski definition) is 2. The lowest BCUT2D eigenvalue weighted by Crippen LogP contribution is -2.08. The van der Waals surface area contributed by atoms with Gasteiger partial charge in [0.15, 0.2) is 0 Å². The van der Waals surface area contributed by atoms with E-state index in [2.05, 4.69) is 25.9 Å². The first-order chi connectivity index (χ1) is 8.99. The predicted molar refractivity (Wildman–Crippen MR) is 66.0 cm³/mol. The summed E-state index contributed by atoms with van der Waals surface area (Å²) in [4.78, 5) is 28.0. The molecule has 19 heavy (non-hydrogen) atoms. The molecule has 1 aromatic heterocycles. The van der Waals surface area contributed by atoms with Crippen molar-refractivity contribution in [2.24, 2.45) is 0 Å². The third kappa shape index (κ3) is 2.79. The number of aromatic amines is 1. The number of rotatable bonds is 3. The highest BCUT2D eigenvalue weighted by molar-refractivity contribution is 9.10. The number of aromatic nitrogens is 2. The minimum atomic E-state index is -1.38. The van der Waals surface area contributed by atoms with Crippen LogP contribution >= 0.6 is 15.9 Å². The zero-order valence-corrected chi connectivity index (χ0v) is 10.8.